The fourth-order valence-corrected chi connectivity index (χ4v) is 3.57. The van der Waals surface area contributed by atoms with Gasteiger partial charge < -0.3 is 15.2 Å². The molecule has 0 atom stereocenters. The van der Waals surface area contributed by atoms with E-state index >= 15 is 0 Å². The molecule has 0 unspecified atom stereocenters. The van der Waals surface area contributed by atoms with Gasteiger partial charge in [-0.05, 0) is 51.9 Å². The van der Waals surface area contributed by atoms with E-state index in [-0.39, 0.29) is 17.4 Å². The Labute approximate surface area is 113 Å². The lowest BCUT2D eigenvalue weighted by molar-refractivity contribution is -0.148. The van der Waals surface area contributed by atoms with Crippen molar-refractivity contribution in [2.24, 2.45) is 10.8 Å². The quantitative estimate of drug-likeness (QED) is 0.830. The van der Waals surface area contributed by atoms with E-state index in [9.17, 15) is 14.3 Å². The van der Waals surface area contributed by atoms with Crippen LogP contribution >= 0.6 is 0 Å². The van der Waals surface area contributed by atoms with Crippen LogP contribution in [0, 0.1) is 10.8 Å². The molecule has 2 rings (SSSR count). The van der Waals surface area contributed by atoms with Crippen LogP contribution in [-0.4, -0.2) is 36.1 Å². The molecule has 4 nitrogen and oxygen atoms in total. The van der Waals surface area contributed by atoms with Gasteiger partial charge in [-0.1, -0.05) is 0 Å². The Bertz CT molecular complexity index is 350. The van der Waals surface area contributed by atoms with E-state index in [4.69, 9.17) is 4.74 Å². The predicted molar refractivity (Wildman–Crippen MR) is 69.6 cm³/mol. The molecular weight excluding hydrogens is 249 g/mol. The summed E-state index contributed by atoms with van der Waals surface area (Å²) >= 11 is 0. The second kappa shape index (κ2) is 4.62. The minimum Gasteiger partial charge on any atom is -0.444 e. The largest absolute Gasteiger partial charge is 0.444 e. The summed E-state index contributed by atoms with van der Waals surface area (Å²) in [4.78, 5) is 11.6. The second-order valence-corrected chi connectivity index (χ2v) is 7.37. The summed E-state index contributed by atoms with van der Waals surface area (Å²) in [5.41, 5.74) is -0.707. The molecule has 2 fully saturated rings. The Hall–Kier alpha value is -0.840. The number of hydrogen-bond donors (Lipinski definition) is 2. The van der Waals surface area contributed by atoms with Crippen LogP contribution in [0.5, 0.6) is 0 Å². The van der Waals surface area contributed by atoms with Gasteiger partial charge in [0.15, 0.2) is 0 Å². The van der Waals surface area contributed by atoms with E-state index < -0.39 is 17.9 Å². The standard InChI is InChI=1S/C14H24FNO3/c1-12(2,3)19-11(18)16-8-14(9-17)6-13(7-14)4-10(15)5-13/h10,17H,4-9H2,1-3H3,(H,16,18). The van der Waals surface area contributed by atoms with Crippen LogP contribution in [0.3, 0.4) is 0 Å². The van der Waals surface area contributed by atoms with Gasteiger partial charge in [-0.15, -0.1) is 0 Å². The van der Waals surface area contributed by atoms with Crippen LogP contribution in [-0.2, 0) is 4.74 Å². The molecule has 0 radical (unpaired) electrons. The van der Waals surface area contributed by atoms with Crippen molar-refractivity contribution >= 4 is 6.09 Å². The molecule has 5 heteroatoms. The number of hydrogen-bond acceptors (Lipinski definition) is 3. The number of ether oxygens (including phenoxy) is 1. The third kappa shape index (κ3) is 3.19. The van der Waals surface area contributed by atoms with Crippen molar-refractivity contribution in [1.29, 1.82) is 0 Å². The Balaban J connectivity index is 1.77. The van der Waals surface area contributed by atoms with Gasteiger partial charge in [0.1, 0.15) is 11.8 Å². The van der Waals surface area contributed by atoms with Crippen molar-refractivity contribution in [1.82, 2.24) is 5.32 Å². The van der Waals surface area contributed by atoms with Crippen molar-refractivity contribution < 1.29 is 19.0 Å². The van der Waals surface area contributed by atoms with E-state index in [2.05, 4.69) is 5.32 Å². The summed E-state index contributed by atoms with van der Waals surface area (Å²) in [6.45, 7) is 5.85. The summed E-state index contributed by atoms with van der Waals surface area (Å²) in [5.74, 6) is 0. The maximum Gasteiger partial charge on any atom is 0.407 e. The lowest BCUT2D eigenvalue weighted by Gasteiger charge is -2.61. The minimum atomic E-state index is -0.671. The first-order chi connectivity index (χ1) is 8.68. The molecular formula is C14H24FNO3. The zero-order valence-corrected chi connectivity index (χ0v) is 12.0. The average Bonchev–Trinajstić information content (AvgIpc) is 2.17. The maximum absolute atomic E-state index is 12.9. The highest BCUT2D eigenvalue weighted by atomic mass is 19.1. The van der Waals surface area contributed by atoms with Crippen LogP contribution in [0.15, 0.2) is 0 Å². The van der Waals surface area contributed by atoms with Crippen LogP contribution in [0.4, 0.5) is 9.18 Å². The number of aliphatic hydroxyl groups is 1. The van der Waals surface area contributed by atoms with E-state index in [0.717, 1.165) is 12.8 Å². The van der Waals surface area contributed by atoms with Crippen LogP contribution in [0.1, 0.15) is 46.5 Å². The smallest absolute Gasteiger partial charge is 0.407 e. The number of aliphatic hydroxyl groups excluding tert-OH is 1. The predicted octanol–water partition coefficient (Wildman–Crippen LogP) is 2.40. The number of carbonyl (C=O) groups excluding carboxylic acids is 1. The third-order valence-electron chi connectivity index (χ3n) is 4.15. The molecule has 0 aromatic rings. The topological polar surface area (TPSA) is 58.6 Å². The highest BCUT2D eigenvalue weighted by molar-refractivity contribution is 5.67. The lowest BCUT2D eigenvalue weighted by atomic mass is 9.45. The van der Waals surface area contributed by atoms with E-state index in [0.29, 0.717) is 19.4 Å². The molecule has 0 bridgehead atoms. The molecule has 110 valence electrons. The lowest BCUT2D eigenvalue weighted by Crippen LogP contribution is -2.59. The summed E-state index contributed by atoms with van der Waals surface area (Å²) in [5, 5.41) is 12.2. The molecule has 0 saturated heterocycles. The number of nitrogens with one attached hydrogen (secondary N) is 1. The minimum absolute atomic E-state index is 0.0293. The zero-order valence-electron chi connectivity index (χ0n) is 12.0. The molecule has 0 aromatic carbocycles. The molecule has 2 aliphatic carbocycles. The first-order valence-corrected chi connectivity index (χ1v) is 6.90. The SMILES string of the molecule is CC(C)(C)OC(=O)NCC1(CO)CC2(CC(F)C2)C1. The average molecular weight is 273 g/mol. The summed E-state index contributed by atoms with van der Waals surface area (Å²) < 4.78 is 18.1. The Morgan fingerprint density at radius 1 is 1.42 bits per heavy atom. The van der Waals surface area contributed by atoms with Gasteiger partial charge >= 0.3 is 6.09 Å². The van der Waals surface area contributed by atoms with Crippen LogP contribution in [0.25, 0.3) is 0 Å². The second-order valence-electron chi connectivity index (χ2n) is 7.37. The van der Waals surface area contributed by atoms with Gasteiger partial charge in [-0.3, -0.25) is 0 Å². The van der Waals surface area contributed by atoms with Crippen molar-refractivity contribution in [3.8, 4) is 0 Å². The highest BCUT2D eigenvalue weighted by Gasteiger charge is 2.60. The first-order valence-electron chi connectivity index (χ1n) is 6.90. The summed E-state index contributed by atoms with van der Waals surface area (Å²) in [6, 6.07) is 0. The van der Waals surface area contributed by atoms with Gasteiger partial charge in [0.25, 0.3) is 0 Å². The van der Waals surface area contributed by atoms with Gasteiger partial charge in [0.05, 0.1) is 6.61 Å². The van der Waals surface area contributed by atoms with Crippen LogP contribution < -0.4 is 5.32 Å². The highest BCUT2D eigenvalue weighted by Crippen LogP contribution is 2.64. The molecule has 19 heavy (non-hydrogen) atoms. The molecule has 1 spiro atoms. The monoisotopic (exact) mass is 273 g/mol. The van der Waals surface area contributed by atoms with E-state index in [1.165, 1.54) is 0 Å². The first kappa shape index (κ1) is 14.6. The Morgan fingerprint density at radius 2 is 2.00 bits per heavy atom. The van der Waals surface area contributed by atoms with Gasteiger partial charge in [-0.25, -0.2) is 9.18 Å². The molecule has 2 aliphatic rings. The third-order valence-corrected chi connectivity index (χ3v) is 4.15. The maximum atomic E-state index is 12.9. The fourth-order valence-electron chi connectivity index (χ4n) is 3.57. The zero-order chi connectivity index (χ0) is 14.3. The van der Waals surface area contributed by atoms with Gasteiger partial charge in [0.2, 0.25) is 0 Å². The fraction of sp³-hybridized carbons (Fsp3) is 0.929. The molecule has 2 saturated carbocycles. The number of carbonyl (C=O) groups is 1. The van der Waals surface area contributed by atoms with Crippen molar-refractivity contribution in [2.45, 2.75) is 58.2 Å². The van der Waals surface area contributed by atoms with Gasteiger partial charge in [0, 0.05) is 12.0 Å². The molecule has 2 N–H and O–H groups in total. The van der Waals surface area contributed by atoms with Gasteiger partial charge in [-0.2, -0.15) is 0 Å². The number of rotatable bonds is 3. The molecule has 1 amide bonds. The number of alkyl carbamates (subject to hydrolysis) is 1. The van der Waals surface area contributed by atoms with Crippen LogP contribution in [0.2, 0.25) is 0 Å². The summed E-state index contributed by atoms with van der Waals surface area (Å²) in [7, 11) is 0. The number of halogens is 1. The molecule has 0 heterocycles. The van der Waals surface area contributed by atoms with Crippen molar-refractivity contribution in [3.05, 3.63) is 0 Å². The normalized spacial score (nSPS) is 37.4. The van der Waals surface area contributed by atoms with Crippen molar-refractivity contribution in [3.63, 3.8) is 0 Å². The Morgan fingerprint density at radius 3 is 2.42 bits per heavy atom. The number of alkyl halides is 1. The number of amides is 1. The molecule has 0 aromatic heterocycles. The van der Waals surface area contributed by atoms with Crippen molar-refractivity contribution in [2.75, 3.05) is 13.2 Å². The van der Waals surface area contributed by atoms with E-state index in [1.807, 2.05) is 20.8 Å². The van der Waals surface area contributed by atoms with E-state index in [1.54, 1.807) is 0 Å². The summed E-state index contributed by atoms with van der Waals surface area (Å²) in [6.07, 6.45) is 1.69. The Kier molecular flexibility index (Phi) is 3.54. The molecule has 0 aliphatic heterocycles.